The molecule has 0 saturated carbocycles. The summed E-state index contributed by atoms with van der Waals surface area (Å²) in [6, 6.07) is 16.9. The van der Waals surface area contributed by atoms with E-state index in [1.54, 1.807) is 0 Å². The second-order valence-corrected chi connectivity index (χ2v) is 8.65. The number of benzene rings is 2. The number of fused-ring (bicyclic) bond motifs is 1. The zero-order chi connectivity index (χ0) is 22.2. The van der Waals surface area contributed by atoms with Crippen molar-refractivity contribution in [2.24, 2.45) is 0 Å². The first kappa shape index (κ1) is 23.3. The summed E-state index contributed by atoms with van der Waals surface area (Å²) in [6.07, 6.45) is 1.05. The summed E-state index contributed by atoms with van der Waals surface area (Å²) >= 11 is 0. The van der Waals surface area contributed by atoms with Crippen LogP contribution in [0, 0.1) is 0 Å². The lowest BCUT2D eigenvalue weighted by Gasteiger charge is -2.34. The molecule has 2 aromatic rings. The largest absolute Gasteiger partial charge is 0.362 e. The van der Waals surface area contributed by atoms with E-state index >= 15 is 0 Å². The van der Waals surface area contributed by atoms with Crippen LogP contribution in [-0.2, 0) is 24.3 Å². The van der Waals surface area contributed by atoms with Gasteiger partial charge in [-0.1, -0.05) is 49.4 Å². The van der Waals surface area contributed by atoms with Crippen LogP contribution in [0.3, 0.4) is 0 Å². The molecule has 2 aromatic carbocycles. The van der Waals surface area contributed by atoms with Gasteiger partial charge in [0.25, 0.3) is 0 Å². The molecular formula is C26H38N4O. The molecule has 1 aliphatic heterocycles. The second-order valence-electron chi connectivity index (χ2n) is 8.65. The molecule has 31 heavy (non-hydrogen) atoms. The monoisotopic (exact) mass is 422 g/mol. The third-order valence-electron chi connectivity index (χ3n) is 6.20. The molecule has 0 saturated heterocycles. The van der Waals surface area contributed by atoms with Crippen molar-refractivity contribution in [1.29, 1.82) is 0 Å². The molecule has 0 spiro atoms. The van der Waals surface area contributed by atoms with E-state index < -0.39 is 0 Å². The molecule has 0 aliphatic carbocycles. The number of anilines is 1. The number of amides is 1. The van der Waals surface area contributed by atoms with Crippen LogP contribution in [0.2, 0.25) is 0 Å². The second kappa shape index (κ2) is 11.3. The molecule has 1 heterocycles. The molecule has 1 amide bonds. The minimum absolute atomic E-state index is 0.191. The molecule has 5 heteroatoms. The minimum atomic E-state index is 0.191. The van der Waals surface area contributed by atoms with Crippen molar-refractivity contribution < 1.29 is 4.79 Å². The molecule has 0 bridgehead atoms. The van der Waals surface area contributed by atoms with E-state index in [4.69, 9.17) is 0 Å². The Kier molecular flexibility index (Phi) is 8.50. The fourth-order valence-corrected chi connectivity index (χ4v) is 4.26. The fourth-order valence-electron chi connectivity index (χ4n) is 4.26. The standard InChI is InChI=1S/C26H38N4O/c1-5-28-16-15-24-23(20-28)13-10-14-25(24)29(6-2)21-26(31)30(18-17-27(3)4)19-22-11-8-7-9-12-22/h7-14H,5-6,15-21H2,1-4H3. The van der Waals surface area contributed by atoms with Crippen LogP contribution in [0.4, 0.5) is 5.69 Å². The summed E-state index contributed by atoms with van der Waals surface area (Å²) in [7, 11) is 4.11. The summed E-state index contributed by atoms with van der Waals surface area (Å²) in [4.78, 5) is 22.3. The number of hydrogen-bond donors (Lipinski definition) is 0. The number of carbonyl (C=O) groups is 1. The SMILES string of the molecule is CCN1CCc2c(cccc2N(CC)CC(=O)N(CCN(C)C)Cc2ccccc2)C1. The van der Waals surface area contributed by atoms with Crippen molar-refractivity contribution in [3.8, 4) is 0 Å². The number of carbonyl (C=O) groups excluding carboxylic acids is 1. The Labute approximate surface area is 188 Å². The summed E-state index contributed by atoms with van der Waals surface area (Å²) in [5.74, 6) is 0.191. The molecule has 0 aromatic heterocycles. The highest BCUT2D eigenvalue weighted by molar-refractivity contribution is 5.82. The smallest absolute Gasteiger partial charge is 0.242 e. The van der Waals surface area contributed by atoms with E-state index in [0.29, 0.717) is 13.1 Å². The predicted octanol–water partition coefficient (Wildman–Crippen LogP) is 3.48. The van der Waals surface area contributed by atoms with Gasteiger partial charge in [-0.3, -0.25) is 9.69 Å². The zero-order valence-corrected chi connectivity index (χ0v) is 19.7. The molecule has 0 fully saturated rings. The Morgan fingerprint density at radius 2 is 1.77 bits per heavy atom. The third-order valence-corrected chi connectivity index (χ3v) is 6.20. The maximum absolute atomic E-state index is 13.4. The zero-order valence-electron chi connectivity index (χ0n) is 19.7. The fraction of sp³-hybridized carbons (Fsp3) is 0.500. The lowest BCUT2D eigenvalue weighted by molar-refractivity contribution is -0.130. The molecule has 0 atom stereocenters. The van der Waals surface area contributed by atoms with Crippen molar-refractivity contribution in [1.82, 2.24) is 14.7 Å². The summed E-state index contributed by atoms with van der Waals surface area (Å²) in [5.41, 5.74) is 5.24. The molecule has 1 aliphatic rings. The van der Waals surface area contributed by atoms with E-state index in [9.17, 15) is 4.79 Å². The van der Waals surface area contributed by atoms with Gasteiger partial charge in [0.1, 0.15) is 0 Å². The Bertz CT molecular complexity index is 837. The van der Waals surface area contributed by atoms with Crippen LogP contribution >= 0.6 is 0 Å². The average molecular weight is 423 g/mol. The van der Waals surface area contributed by atoms with Crippen LogP contribution in [0.15, 0.2) is 48.5 Å². The quantitative estimate of drug-likeness (QED) is 0.586. The highest BCUT2D eigenvalue weighted by Gasteiger charge is 2.23. The van der Waals surface area contributed by atoms with Gasteiger partial charge >= 0.3 is 0 Å². The predicted molar refractivity (Wildman–Crippen MR) is 129 cm³/mol. The van der Waals surface area contributed by atoms with Gasteiger partial charge in [-0.25, -0.2) is 0 Å². The summed E-state index contributed by atoms with van der Waals surface area (Å²) in [5, 5.41) is 0. The van der Waals surface area contributed by atoms with Crippen LogP contribution in [0.1, 0.15) is 30.5 Å². The highest BCUT2D eigenvalue weighted by Crippen LogP contribution is 2.29. The first-order chi connectivity index (χ1) is 15.0. The third kappa shape index (κ3) is 6.31. The molecule has 5 nitrogen and oxygen atoms in total. The molecule has 0 radical (unpaired) electrons. The lowest BCUT2D eigenvalue weighted by Crippen LogP contribution is -2.43. The van der Waals surface area contributed by atoms with Gasteiger partial charge in [0.15, 0.2) is 0 Å². The van der Waals surface area contributed by atoms with Gasteiger partial charge in [-0.2, -0.15) is 0 Å². The molecule has 168 valence electrons. The van der Waals surface area contributed by atoms with Crippen LogP contribution in [0.25, 0.3) is 0 Å². The number of hydrogen-bond acceptors (Lipinski definition) is 4. The number of likely N-dealkylation sites (N-methyl/N-ethyl adjacent to an activating group) is 3. The topological polar surface area (TPSA) is 30.0 Å². The highest BCUT2D eigenvalue weighted by atomic mass is 16.2. The van der Waals surface area contributed by atoms with E-state index in [2.05, 4.69) is 73.0 Å². The number of rotatable bonds is 10. The summed E-state index contributed by atoms with van der Waals surface area (Å²) in [6.45, 7) is 11.1. The van der Waals surface area contributed by atoms with Crippen LogP contribution in [-0.4, -0.2) is 74.0 Å². The maximum atomic E-state index is 13.4. The van der Waals surface area contributed by atoms with E-state index in [1.165, 1.54) is 22.4 Å². The van der Waals surface area contributed by atoms with E-state index in [0.717, 1.165) is 45.7 Å². The first-order valence-electron chi connectivity index (χ1n) is 11.6. The van der Waals surface area contributed by atoms with Crippen molar-refractivity contribution in [3.05, 3.63) is 65.2 Å². The van der Waals surface area contributed by atoms with E-state index in [-0.39, 0.29) is 5.91 Å². The Morgan fingerprint density at radius 3 is 2.45 bits per heavy atom. The maximum Gasteiger partial charge on any atom is 0.242 e. The summed E-state index contributed by atoms with van der Waals surface area (Å²) < 4.78 is 0. The molecular weight excluding hydrogens is 384 g/mol. The molecule has 0 unspecified atom stereocenters. The van der Waals surface area contributed by atoms with Gasteiger partial charge in [0, 0.05) is 45.0 Å². The van der Waals surface area contributed by atoms with Gasteiger partial charge in [-0.15, -0.1) is 0 Å². The average Bonchev–Trinajstić information content (AvgIpc) is 2.79. The Morgan fingerprint density at radius 1 is 1.00 bits per heavy atom. The Hall–Kier alpha value is -2.37. The van der Waals surface area contributed by atoms with Crippen molar-refractivity contribution in [2.75, 3.05) is 58.3 Å². The molecule has 0 N–H and O–H groups in total. The van der Waals surface area contributed by atoms with Gasteiger partial charge in [-0.05, 0) is 56.7 Å². The normalized spacial score (nSPS) is 13.8. The van der Waals surface area contributed by atoms with Crippen molar-refractivity contribution >= 4 is 11.6 Å². The van der Waals surface area contributed by atoms with Gasteiger partial charge < -0.3 is 14.7 Å². The van der Waals surface area contributed by atoms with Crippen molar-refractivity contribution in [3.63, 3.8) is 0 Å². The lowest BCUT2D eigenvalue weighted by atomic mass is 9.97. The Balaban J connectivity index is 1.76. The van der Waals surface area contributed by atoms with Gasteiger partial charge in [0.05, 0.1) is 6.54 Å². The first-order valence-corrected chi connectivity index (χ1v) is 11.6. The van der Waals surface area contributed by atoms with Crippen LogP contribution in [0.5, 0.6) is 0 Å². The number of nitrogens with zero attached hydrogens (tertiary/aromatic N) is 4. The van der Waals surface area contributed by atoms with E-state index in [1.807, 2.05) is 23.1 Å². The molecule has 3 rings (SSSR count). The minimum Gasteiger partial charge on any atom is -0.362 e. The van der Waals surface area contributed by atoms with Crippen molar-refractivity contribution in [2.45, 2.75) is 33.4 Å². The van der Waals surface area contributed by atoms with Crippen LogP contribution < -0.4 is 4.90 Å². The van der Waals surface area contributed by atoms with Gasteiger partial charge in [0.2, 0.25) is 5.91 Å².